The Labute approximate surface area is 159 Å². The highest BCUT2D eigenvalue weighted by atomic mass is 16.6. The molecule has 0 unspecified atom stereocenters. The lowest BCUT2D eigenvalue weighted by molar-refractivity contribution is 0.105. The average Bonchev–Trinajstić information content (AvgIpc) is 2.67. The van der Waals surface area contributed by atoms with Crippen molar-refractivity contribution in [3.05, 3.63) is 35.7 Å². The molecular weight excluding hydrogens is 344 g/mol. The Morgan fingerprint density at radius 3 is 2.59 bits per heavy atom. The maximum absolute atomic E-state index is 11.8. The summed E-state index contributed by atoms with van der Waals surface area (Å²) in [5, 5.41) is 3.28. The number of nitrogens with two attached hydrogens (primary N) is 1. The second kappa shape index (κ2) is 8.11. The number of rotatable bonds is 4. The van der Waals surface area contributed by atoms with Crippen LogP contribution >= 0.6 is 0 Å². The number of hydrogen-bond acceptors (Lipinski definition) is 7. The van der Waals surface area contributed by atoms with Crippen LogP contribution < -0.4 is 16.0 Å². The quantitative estimate of drug-likeness (QED) is 0.854. The first-order chi connectivity index (χ1) is 13.0. The number of benzene rings is 1. The van der Waals surface area contributed by atoms with Gasteiger partial charge in [0.2, 0.25) is 0 Å². The molecule has 27 heavy (non-hydrogen) atoms. The monoisotopic (exact) mass is 370 g/mol. The highest BCUT2D eigenvalue weighted by molar-refractivity contribution is 5.78. The maximum Gasteiger partial charge on any atom is 0.409 e. The summed E-state index contributed by atoms with van der Waals surface area (Å²) in [6.45, 7) is 8.76. The van der Waals surface area contributed by atoms with Gasteiger partial charge in [-0.15, -0.1) is 0 Å². The van der Waals surface area contributed by atoms with Crippen LogP contribution in [0, 0.1) is 13.8 Å². The molecule has 2 heterocycles. The first-order valence-corrected chi connectivity index (χ1v) is 9.11. The van der Waals surface area contributed by atoms with Gasteiger partial charge in [0.1, 0.15) is 12.0 Å². The topological polar surface area (TPSA) is 96.6 Å². The van der Waals surface area contributed by atoms with Gasteiger partial charge in [-0.05, 0) is 44.0 Å². The van der Waals surface area contributed by atoms with E-state index in [1.165, 1.54) is 17.5 Å². The Morgan fingerprint density at radius 2 is 1.93 bits per heavy atom. The third-order valence-electron chi connectivity index (χ3n) is 4.74. The molecule has 0 spiro atoms. The highest BCUT2D eigenvalue weighted by Gasteiger charge is 2.24. The standard InChI is InChI=1S/C19H26N6O2/c1-4-27-19(26)25-9-7-24(8-10-25)18-16(20)17(21-12-22-18)23-15-6-5-13(2)14(3)11-15/h5-6,11-12H,4,7-10,20H2,1-3H3,(H,21,22,23). The van der Waals surface area contributed by atoms with E-state index in [-0.39, 0.29) is 6.09 Å². The molecule has 8 heteroatoms. The number of carbonyl (C=O) groups excluding carboxylic acids is 1. The van der Waals surface area contributed by atoms with E-state index in [1.54, 1.807) is 11.8 Å². The van der Waals surface area contributed by atoms with Gasteiger partial charge in [-0.25, -0.2) is 14.8 Å². The van der Waals surface area contributed by atoms with Crippen LogP contribution in [0.25, 0.3) is 0 Å². The van der Waals surface area contributed by atoms with Crippen LogP contribution in [0.3, 0.4) is 0 Å². The zero-order valence-corrected chi connectivity index (χ0v) is 16.0. The molecule has 0 saturated carbocycles. The van der Waals surface area contributed by atoms with Gasteiger partial charge in [0.25, 0.3) is 0 Å². The van der Waals surface area contributed by atoms with E-state index in [2.05, 4.69) is 46.2 Å². The minimum Gasteiger partial charge on any atom is -0.450 e. The third-order valence-corrected chi connectivity index (χ3v) is 4.74. The van der Waals surface area contributed by atoms with Crippen LogP contribution in [0.4, 0.5) is 27.8 Å². The van der Waals surface area contributed by atoms with Gasteiger partial charge in [-0.2, -0.15) is 0 Å². The summed E-state index contributed by atoms with van der Waals surface area (Å²) in [4.78, 5) is 24.3. The number of carbonyl (C=O) groups is 1. The molecule has 8 nitrogen and oxygen atoms in total. The molecule has 0 atom stereocenters. The molecule has 1 amide bonds. The van der Waals surface area contributed by atoms with Crippen molar-refractivity contribution in [1.29, 1.82) is 0 Å². The number of piperazine rings is 1. The predicted molar refractivity (Wildman–Crippen MR) is 106 cm³/mol. The number of nitrogens with zero attached hydrogens (tertiary/aromatic N) is 4. The van der Waals surface area contributed by atoms with Gasteiger partial charge in [0.05, 0.1) is 6.61 Å². The normalized spacial score (nSPS) is 14.2. The number of nitrogen functional groups attached to an aromatic ring is 1. The van der Waals surface area contributed by atoms with Crippen LogP contribution in [0.2, 0.25) is 0 Å². The molecule has 1 aliphatic rings. The maximum atomic E-state index is 11.8. The lowest BCUT2D eigenvalue weighted by atomic mass is 10.1. The fraction of sp³-hybridized carbons (Fsp3) is 0.421. The Bertz CT molecular complexity index is 818. The van der Waals surface area contributed by atoms with Gasteiger partial charge in [-0.1, -0.05) is 6.07 Å². The molecular formula is C19H26N6O2. The number of anilines is 4. The minimum atomic E-state index is -0.273. The van der Waals surface area contributed by atoms with Crippen LogP contribution in [0.1, 0.15) is 18.1 Å². The van der Waals surface area contributed by atoms with E-state index in [0.29, 0.717) is 50.1 Å². The molecule has 1 saturated heterocycles. The molecule has 2 aromatic rings. The van der Waals surface area contributed by atoms with Crippen molar-refractivity contribution in [3.63, 3.8) is 0 Å². The molecule has 3 N–H and O–H groups in total. The number of nitrogens with one attached hydrogen (secondary N) is 1. The van der Waals surface area contributed by atoms with E-state index >= 15 is 0 Å². The Hall–Kier alpha value is -3.03. The molecule has 0 aliphatic carbocycles. The van der Waals surface area contributed by atoms with Crippen molar-refractivity contribution in [2.24, 2.45) is 0 Å². The smallest absolute Gasteiger partial charge is 0.409 e. The summed E-state index contributed by atoms with van der Waals surface area (Å²) < 4.78 is 5.06. The van der Waals surface area contributed by atoms with Gasteiger partial charge in [0.15, 0.2) is 11.6 Å². The summed E-state index contributed by atoms with van der Waals surface area (Å²) in [6.07, 6.45) is 1.23. The molecule has 1 aliphatic heterocycles. The summed E-state index contributed by atoms with van der Waals surface area (Å²) in [5.41, 5.74) is 10.2. The van der Waals surface area contributed by atoms with E-state index < -0.39 is 0 Å². The Balaban J connectivity index is 1.72. The Morgan fingerprint density at radius 1 is 1.19 bits per heavy atom. The summed E-state index contributed by atoms with van der Waals surface area (Å²) in [5.74, 6) is 1.26. The number of aromatic nitrogens is 2. The van der Waals surface area contributed by atoms with Crippen LogP contribution in [-0.4, -0.2) is 53.7 Å². The second-order valence-corrected chi connectivity index (χ2v) is 6.56. The molecule has 1 aromatic heterocycles. The number of ether oxygens (including phenoxy) is 1. The van der Waals surface area contributed by atoms with Crippen LogP contribution in [0.5, 0.6) is 0 Å². The first kappa shape index (κ1) is 18.8. The van der Waals surface area contributed by atoms with Crippen molar-refractivity contribution in [1.82, 2.24) is 14.9 Å². The molecule has 0 radical (unpaired) electrons. The van der Waals surface area contributed by atoms with E-state index in [0.717, 1.165) is 5.69 Å². The van der Waals surface area contributed by atoms with Crippen molar-refractivity contribution in [3.8, 4) is 0 Å². The van der Waals surface area contributed by atoms with Crippen molar-refractivity contribution in [2.75, 3.05) is 48.7 Å². The van der Waals surface area contributed by atoms with Gasteiger partial charge >= 0.3 is 6.09 Å². The predicted octanol–water partition coefficient (Wildman–Crippen LogP) is 2.70. The van der Waals surface area contributed by atoms with E-state index in [4.69, 9.17) is 10.5 Å². The van der Waals surface area contributed by atoms with Crippen molar-refractivity contribution in [2.45, 2.75) is 20.8 Å². The van der Waals surface area contributed by atoms with Gasteiger partial charge in [0, 0.05) is 31.9 Å². The minimum absolute atomic E-state index is 0.273. The van der Waals surface area contributed by atoms with Crippen molar-refractivity contribution >= 4 is 29.1 Å². The lowest BCUT2D eigenvalue weighted by Crippen LogP contribution is -2.49. The number of amides is 1. The zero-order chi connectivity index (χ0) is 19.4. The van der Waals surface area contributed by atoms with E-state index in [9.17, 15) is 4.79 Å². The fourth-order valence-electron chi connectivity index (χ4n) is 3.01. The molecule has 0 bridgehead atoms. The molecule has 1 fully saturated rings. The van der Waals surface area contributed by atoms with Crippen LogP contribution in [-0.2, 0) is 4.74 Å². The third kappa shape index (κ3) is 4.21. The number of aryl methyl sites for hydroxylation is 2. The lowest BCUT2D eigenvalue weighted by Gasteiger charge is -2.35. The van der Waals surface area contributed by atoms with Crippen LogP contribution in [0.15, 0.2) is 24.5 Å². The molecule has 144 valence electrons. The van der Waals surface area contributed by atoms with Gasteiger partial charge < -0.3 is 25.6 Å². The summed E-state index contributed by atoms with van der Waals surface area (Å²) >= 11 is 0. The first-order valence-electron chi connectivity index (χ1n) is 9.11. The Kier molecular flexibility index (Phi) is 5.63. The largest absolute Gasteiger partial charge is 0.450 e. The highest BCUT2D eigenvalue weighted by Crippen LogP contribution is 2.29. The van der Waals surface area contributed by atoms with Gasteiger partial charge in [-0.3, -0.25) is 0 Å². The second-order valence-electron chi connectivity index (χ2n) is 6.56. The zero-order valence-electron chi connectivity index (χ0n) is 16.0. The average molecular weight is 370 g/mol. The molecule has 1 aromatic carbocycles. The number of hydrogen-bond donors (Lipinski definition) is 2. The summed E-state index contributed by atoms with van der Waals surface area (Å²) in [6, 6.07) is 6.13. The van der Waals surface area contributed by atoms with Crippen molar-refractivity contribution < 1.29 is 9.53 Å². The molecule has 3 rings (SSSR count). The summed E-state index contributed by atoms with van der Waals surface area (Å²) in [7, 11) is 0. The van der Waals surface area contributed by atoms with E-state index in [1.807, 2.05) is 6.07 Å². The SMILES string of the molecule is CCOC(=O)N1CCN(c2ncnc(Nc3ccc(C)c(C)c3)c2N)CC1. The fourth-order valence-corrected chi connectivity index (χ4v) is 3.01.